The van der Waals surface area contributed by atoms with Crippen molar-refractivity contribution < 1.29 is 0 Å². The summed E-state index contributed by atoms with van der Waals surface area (Å²) in [4.78, 5) is 34.1. The van der Waals surface area contributed by atoms with E-state index in [4.69, 9.17) is 0 Å². The van der Waals surface area contributed by atoms with Gasteiger partial charge in [0, 0.05) is 25.4 Å². The van der Waals surface area contributed by atoms with Crippen LogP contribution >= 0.6 is 0 Å². The number of aromatic nitrogens is 3. The lowest BCUT2D eigenvalue weighted by molar-refractivity contribution is 0.234. The van der Waals surface area contributed by atoms with Crippen molar-refractivity contribution in [3.8, 4) is 0 Å². The van der Waals surface area contributed by atoms with Gasteiger partial charge >= 0.3 is 0 Å². The molecule has 3 heterocycles. The third-order valence-corrected chi connectivity index (χ3v) is 4.96. The van der Waals surface area contributed by atoms with Crippen molar-refractivity contribution in [1.29, 1.82) is 0 Å². The molecule has 0 aliphatic carbocycles. The largest absolute Gasteiger partial charge is 0.314 e. The minimum atomic E-state index is -0.0976. The Hall–Kier alpha value is -2.73. The molecule has 1 aliphatic rings. The summed E-state index contributed by atoms with van der Waals surface area (Å²) >= 11 is 0. The molecule has 2 aromatic heterocycles. The summed E-state index contributed by atoms with van der Waals surface area (Å²) < 4.78 is 1.67. The van der Waals surface area contributed by atoms with Crippen LogP contribution in [0.25, 0.3) is 10.9 Å². The van der Waals surface area contributed by atoms with Crippen LogP contribution in [0.4, 0.5) is 0 Å². The number of nitrogens with zero attached hydrogens (tertiary/aromatic N) is 3. The molecule has 0 radical (unpaired) electrons. The van der Waals surface area contributed by atoms with E-state index in [1.54, 1.807) is 29.8 Å². The highest BCUT2D eigenvalue weighted by Gasteiger charge is 2.28. The third-order valence-electron chi connectivity index (χ3n) is 4.96. The zero-order chi connectivity index (χ0) is 17.4. The van der Waals surface area contributed by atoms with E-state index in [9.17, 15) is 9.59 Å². The zero-order valence-electron chi connectivity index (χ0n) is 14.1. The maximum Gasteiger partial charge on any atom is 0.258 e. The van der Waals surface area contributed by atoms with Gasteiger partial charge in [0.25, 0.3) is 5.56 Å². The predicted molar refractivity (Wildman–Crippen MR) is 96.4 cm³/mol. The number of fused-ring (bicyclic) bond motifs is 1. The van der Waals surface area contributed by atoms with Gasteiger partial charge in [-0.05, 0) is 37.6 Å². The van der Waals surface area contributed by atoms with E-state index in [2.05, 4.69) is 14.9 Å². The van der Waals surface area contributed by atoms with Crippen molar-refractivity contribution in [2.45, 2.75) is 25.4 Å². The molecule has 4 rings (SSSR count). The minimum absolute atomic E-state index is 0.00881. The maximum absolute atomic E-state index is 12.4. The summed E-state index contributed by atoms with van der Waals surface area (Å²) in [5.74, 6) is 0.710. The topological polar surface area (TPSA) is 71.0 Å². The highest BCUT2D eigenvalue weighted by atomic mass is 16.1. The standard InChI is InChI=1S/C19H20N4O2/c1-22-13(6-4-10-17(22)24)12-23-11-5-9-16(23)18-20-15-8-3-2-7-14(15)19(25)21-18/h2-4,6-8,10,16H,5,9,11-12H2,1H3,(H,20,21,25). The van der Waals surface area contributed by atoms with Gasteiger partial charge in [0.05, 0.1) is 16.9 Å². The van der Waals surface area contributed by atoms with Crippen LogP contribution in [0.5, 0.6) is 0 Å². The quantitative estimate of drug-likeness (QED) is 0.794. The van der Waals surface area contributed by atoms with Crippen molar-refractivity contribution in [1.82, 2.24) is 19.4 Å². The molecule has 1 aliphatic heterocycles. The molecule has 1 saturated heterocycles. The number of aromatic amines is 1. The van der Waals surface area contributed by atoms with E-state index >= 15 is 0 Å². The Morgan fingerprint density at radius 1 is 1.16 bits per heavy atom. The van der Waals surface area contributed by atoms with E-state index in [0.29, 0.717) is 17.8 Å². The summed E-state index contributed by atoms with van der Waals surface area (Å²) in [5, 5.41) is 0.612. The van der Waals surface area contributed by atoms with Gasteiger partial charge < -0.3 is 9.55 Å². The van der Waals surface area contributed by atoms with Gasteiger partial charge in [-0.1, -0.05) is 18.2 Å². The second-order valence-electron chi connectivity index (χ2n) is 6.51. The SMILES string of the molecule is Cn1c(CN2CCCC2c2nc3ccccc3c(=O)[nH]2)cccc1=O. The molecule has 0 saturated carbocycles. The molecule has 1 unspecified atom stereocenters. The van der Waals surface area contributed by atoms with Crippen LogP contribution in [0.2, 0.25) is 0 Å². The van der Waals surface area contributed by atoms with Crippen LogP contribution in [0.3, 0.4) is 0 Å². The second kappa shape index (κ2) is 6.29. The Morgan fingerprint density at radius 3 is 2.88 bits per heavy atom. The van der Waals surface area contributed by atoms with Crippen LogP contribution in [-0.2, 0) is 13.6 Å². The molecular weight excluding hydrogens is 316 g/mol. The highest BCUT2D eigenvalue weighted by Crippen LogP contribution is 2.31. The number of benzene rings is 1. The first-order valence-corrected chi connectivity index (χ1v) is 8.51. The number of pyridine rings is 1. The third kappa shape index (κ3) is 2.89. The molecule has 6 heteroatoms. The van der Waals surface area contributed by atoms with Crippen molar-refractivity contribution in [2.75, 3.05) is 6.54 Å². The smallest absolute Gasteiger partial charge is 0.258 e. The Balaban J connectivity index is 1.69. The molecule has 1 aromatic carbocycles. The van der Waals surface area contributed by atoms with Crippen LogP contribution in [-0.4, -0.2) is 26.0 Å². The molecule has 128 valence electrons. The first-order chi connectivity index (χ1) is 12.1. The number of para-hydroxylation sites is 1. The molecule has 0 spiro atoms. The van der Waals surface area contributed by atoms with Crippen molar-refractivity contribution in [3.63, 3.8) is 0 Å². The fourth-order valence-electron chi connectivity index (χ4n) is 3.56. The van der Waals surface area contributed by atoms with Gasteiger partial charge in [-0.15, -0.1) is 0 Å². The molecule has 1 fully saturated rings. The fraction of sp³-hybridized carbons (Fsp3) is 0.316. The lowest BCUT2D eigenvalue weighted by atomic mass is 10.1. The minimum Gasteiger partial charge on any atom is -0.314 e. The van der Waals surface area contributed by atoms with Crippen LogP contribution in [0.1, 0.15) is 30.4 Å². The first kappa shape index (κ1) is 15.8. The first-order valence-electron chi connectivity index (χ1n) is 8.51. The molecule has 1 atom stereocenters. The Kier molecular flexibility index (Phi) is 3.97. The number of rotatable bonds is 3. The predicted octanol–water partition coefficient (Wildman–Crippen LogP) is 1.96. The van der Waals surface area contributed by atoms with E-state index in [-0.39, 0.29) is 17.2 Å². The van der Waals surface area contributed by atoms with Crippen molar-refractivity contribution in [3.05, 3.63) is 74.7 Å². The summed E-state index contributed by atoms with van der Waals surface area (Å²) in [5.41, 5.74) is 1.58. The summed E-state index contributed by atoms with van der Waals surface area (Å²) in [6.45, 7) is 1.58. The highest BCUT2D eigenvalue weighted by molar-refractivity contribution is 5.77. The van der Waals surface area contributed by atoms with E-state index in [1.807, 2.05) is 24.3 Å². The molecule has 3 aromatic rings. The average Bonchev–Trinajstić information content (AvgIpc) is 3.07. The fourth-order valence-corrected chi connectivity index (χ4v) is 3.56. The molecular formula is C19H20N4O2. The lowest BCUT2D eigenvalue weighted by Gasteiger charge is -2.24. The Labute approximate surface area is 144 Å². The zero-order valence-corrected chi connectivity index (χ0v) is 14.1. The molecule has 0 bridgehead atoms. The lowest BCUT2D eigenvalue weighted by Crippen LogP contribution is -2.29. The van der Waals surface area contributed by atoms with Gasteiger partial charge in [0.1, 0.15) is 5.82 Å². The van der Waals surface area contributed by atoms with Crippen molar-refractivity contribution in [2.24, 2.45) is 7.05 Å². The molecule has 6 nitrogen and oxygen atoms in total. The molecule has 1 N–H and O–H groups in total. The number of nitrogens with one attached hydrogen (secondary N) is 1. The molecule has 0 amide bonds. The normalized spacial score (nSPS) is 18.0. The monoisotopic (exact) mass is 336 g/mol. The Morgan fingerprint density at radius 2 is 2.00 bits per heavy atom. The van der Waals surface area contributed by atoms with Gasteiger partial charge in [0.2, 0.25) is 5.56 Å². The number of hydrogen-bond donors (Lipinski definition) is 1. The maximum atomic E-state index is 12.4. The van der Waals surface area contributed by atoms with Crippen molar-refractivity contribution >= 4 is 10.9 Å². The van der Waals surface area contributed by atoms with E-state index in [0.717, 1.165) is 30.6 Å². The van der Waals surface area contributed by atoms with Gasteiger partial charge in [-0.25, -0.2) is 4.98 Å². The van der Waals surface area contributed by atoms with Gasteiger partial charge in [0.15, 0.2) is 0 Å². The number of hydrogen-bond acceptors (Lipinski definition) is 4. The summed E-state index contributed by atoms with van der Waals surface area (Å²) in [6.07, 6.45) is 1.99. The van der Waals surface area contributed by atoms with E-state index < -0.39 is 0 Å². The van der Waals surface area contributed by atoms with Gasteiger partial charge in [-0.2, -0.15) is 0 Å². The average molecular weight is 336 g/mol. The molecule has 25 heavy (non-hydrogen) atoms. The number of likely N-dealkylation sites (tertiary alicyclic amines) is 1. The summed E-state index contributed by atoms with van der Waals surface area (Å²) in [7, 11) is 1.79. The summed E-state index contributed by atoms with van der Waals surface area (Å²) in [6, 6.07) is 12.8. The van der Waals surface area contributed by atoms with E-state index in [1.165, 1.54) is 0 Å². The van der Waals surface area contributed by atoms with Crippen LogP contribution in [0.15, 0.2) is 52.1 Å². The van der Waals surface area contributed by atoms with Crippen LogP contribution in [0, 0.1) is 0 Å². The number of H-pyrrole nitrogens is 1. The van der Waals surface area contributed by atoms with Crippen LogP contribution < -0.4 is 11.1 Å². The Bertz CT molecular complexity index is 1040. The van der Waals surface area contributed by atoms with Gasteiger partial charge in [-0.3, -0.25) is 14.5 Å². The second-order valence-corrected chi connectivity index (χ2v) is 6.51.